The number of aliphatic hydroxyl groups excluding tert-OH is 1. The normalized spacial score (nSPS) is 14.5. The fourth-order valence-corrected chi connectivity index (χ4v) is 3.40. The molecule has 1 aromatic heterocycles. The number of aliphatic hydroxyl groups is 1. The Morgan fingerprint density at radius 2 is 2.00 bits per heavy atom. The molecule has 132 valence electrons. The maximum atomic E-state index is 10.6. The molecule has 0 spiro atoms. The van der Waals surface area contributed by atoms with Crippen molar-refractivity contribution >= 4 is 28.1 Å². The molecule has 0 atom stereocenters. The summed E-state index contributed by atoms with van der Waals surface area (Å²) in [7, 11) is 1.61. The average Bonchev–Trinajstić information content (AvgIpc) is 3.17. The highest BCUT2D eigenvalue weighted by Crippen LogP contribution is 2.33. The molecule has 0 aliphatic carbocycles. The molecule has 26 heavy (non-hydrogen) atoms. The number of hydrogen-bond acceptors (Lipinski definition) is 4. The second kappa shape index (κ2) is 6.22. The monoisotopic (exact) mass is 348 g/mol. The van der Waals surface area contributed by atoms with Crippen LogP contribution in [-0.2, 0) is 6.54 Å². The van der Waals surface area contributed by atoms with Crippen LogP contribution in [0.1, 0.15) is 12.7 Å². The van der Waals surface area contributed by atoms with Gasteiger partial charge in [-0.2, -0.15) is 0 Å². The highest BCUT2D eigenvalue weighted by Gasteiger charge is 2.32. The number of nitrogens with zero attached hydrogens (tertiary/aromatic N) is 3. The van der Waals surface area contributed by atoms with E-state index in [0.717, 1.165) is 16.7 Å². The number of amidine groups is 1. The van der Waals surface area contributed by atoms with Crippen LogP contribution in [-0.4, -0.2) is 34.1 Å². The van der Waals surface area contributed by atoms with Crippen LogP contribution in [0.15, 0.2) is 54.3 Å². The third kappa shape index (κ3) is 2.42. The topological polar surface area (TPSA) is 74.4 Å². The van der Waals surface area contributed by atoms with E-state index in [-0.39, 0.29) is 18.1 Å². The third-order valence-electron chi connectivity index (χ3n) is 4.66. The van der Waals surface area contributed by atoms with Gasteiger partial charge < -0.3 is 19.3 Å². The Bertz CT molecular complexity index is 1040. The van der Waals surface area contributed by atoms with Crippen molar-refractivity contribution in [2.75, 3.05) is 18.6 Å². The van der Waals surface area contributed by atoms with Gasteiger partial charge in [0, 0.05) is 18.3 Å². The molecular weight excluding hydrogens is 328 g/mol. The van der Waals surface area contributed by atoms with Crippen LogP contribution < -0.4 is 9.64 Å². The first-order valence-electron chi connectivity index (χ1n) is 8.52. The Morgan fingerprint density at radius 3 is 2.77 bits per heavy atom. The lowest BCUT2D eigenvalue weighted by atomic mass is 10.2. The summed E-state index contributed by atoms with van der Waals surface area (Å²) >= 11 is 0. The Balaban J connectivity index is 1.78. The highest BCUT2D eigenvalue weighted by atomic mass is 16.5. The van der Waals surface area contributed by atoms with Crippen LogP contribution in [0.2, 0.25) is 0 Å². The Hall–Kier alpha value is -3.28. The number of fused-ring (bicyclic) bond motifs is 1. The zero-order valence-electron chi connectivity index (χ0n) is 14.7. The van der Waals surface area contributed by atoms with E-state index >= 15 is 0 Å². The van der Waals surface area contributed by atoms with Crippen molar-refractivity contribution in [3.8, 4) is 5.75 Å². The minimum atomic E-state index is 0.155. The average molecular weight is 348 g/mol. The molecule has 4 rings (SSSR count). The molecule has 0 bridgehead atoms. The minimum Gasteiger partial charge on any atom is -0.509 e. The molecule has 2 heterocycles. The summed E-state index contributed by atoms with van der Waals surface area (Å²) in [4.78, 5) is 6.44. The van der Waals surface area contributed by atoms with Gasteiger partial charge in [-0.1, -0.05) is 18.2 Å². The first-order chi connectivity index (χ1) is 12.6. The van der Waals surface area contributed by atoms with Crippen molar-refractivity contribution in [1.82, 2.24) is 9.55 Å². The van der Waals surface area contributed by atoms with Gasteiger partial charge in [0.05, 0.1) is 30.3 Å². The summed E-state index contributed by atoms with van der Waals surface area (Å²) in [6.07, 6.45) is 0. The number of aromatic nitrogens is 2. The largest absolute Gasteiger partial charge is 0.509 e. The summed E-state index contributed by atoms with van der Waals surface area (Å²) in [6, 6.07) is 15.3. The summed E-state index contributed by atoms with van der Waals surface area (Å²) in [5, 5.41) is 19.3. The van der Waals surface area contributed by atoms with Crippen LogP contribution in [0.25, 0.3) is 16.6 Å². The van der Waals surface area contributed by atoms with Crippen LogP contribution >= 0.6 is 0 Å². The van der Waals surface area contributed by atoms with E-state index < -0.39 is 0 Å². The highest BCUT2D eigenvalue weighted by molar-refractivity contribution is 6.30. The molecule has 3 aromatic rings. The maximum absolute atomic E-state index is 10.6. The fraction of sp³-hybridized carbons (Fsp3) is 0.200. The molecule has 0 unspecified atom stereocenters. The zero-order valence-corrected chi connectivity index (χ0v) is 14.7. The Kier molecular flexibility index (Phi) is 3.88. The number of hydrogen-bond donors (Lipinski definition) is 2. The van der Waals surface area contributed by atoms with Crippen LogP contribution in [0, 0.1) is 5.41 Å². The van der Waals surface area contributed by atoms with Crippen molar-refractivity contribution in [3.05, 3.63) is 60.1 Å². The number of rotatable bonds is 4. The second-order valence-corrected chi connectivity index (χ2v) is 6.13. The number of nitrogens with one attached hydrogen (secondary N) is 1. The standard InChI is InChI=1S/C20H20N4O2/c1-3-23-16-10-5-4-9-15(16)22-20(23)18-17(25)12-24(19(18)21)13-7-6-8-14(11-13)26-2/h4-11,21,25H,3,12H2,1-2H3. The number of para-hydroxylation sites is 2. The Morgan fingerprint density at radius 1 is 1.19 bits per heavy atom. The van der Waals surface area contributed by atoms with Gasteiger partial charge in [0.25, 0.3) is 0 Å². The first kappa shape index (κ1) is 16.2. The van der Waals surface area contributed by atoms with Crippen molar-refractivity contribution in [2.24, 2.45) is 0 Å². The molecule has 0 radical (unpaired) electrons. The number of ether oxygens (including phenoxy) is 1. The van der Waals surface area contributed by atoms with Crippen molar-refractivity contribution < 1.29 is 9.84 Å². The van der Waals surface area contributed by atoms with Gasteiger partial charge in [-0.25, -0.2) is 4.98 Å². The number of anilines is 1. The van der Waals surface area contributed by atoms with E-state index in [2.05, 4.69) is 4.98 Å². The van der Waals surface area contributed by atoms with Gasteiger partial charge in [0.15, 0.2) is 0 Å². The molecule has 2 N–H and O–H groups in total. The van der Waals surface area contributed by atoms with Gasteiger partial charge in [0.1, 0.15) is 23.2 Å². The molecule has 6 nitrogen and oxygen atoms in total. The van der Waals surface area contributed by atoms with E-state index in [1.807, 2.05) is 60.0 Å². The number of imidazole rings is 1. The van der Waals surface area contributed by atoms with Gasteiger partial charge in [-0.3, -0.25) is 5.41 Å². The van der Waals surface area contributed by atoms with Crippen molar-refractivity contribution in [1.29, 1.82) is 5.41 Å². The Labute approximate surface area is 151 Å². The summed E-state index contributed by atoms with van der Waals surface area (Å²) in [5.41, 5.74) is 3.14. The van der Waals surface area contributed by atoms with Crippen LogP contribution in [0.3, 0.4) is 0 Å². The molecule has 0 amide bonds. The lowest BCUT2D eigenvalue weighted by molar-refractivity contribution is 0.410. The first-order valence-corrected chi connectivity index (χ1v) is 8.52. The van der Waals surface area contributed by atoms with E-state index in [1.165, 1.54) is 0 Å². The summed E-state index contributed by atoms with van der Waals surface area (Å²) in [5.74, 6) is 1.73. The lowest BCUT2D eigenvalue weighted by Gasteiger charge is -2.19. The molecule has 2 aromatic carbocycles. The van der Waals surface area contributed by atoms with Gasteiger partial charge >= 0.3 is 0 Å². The summed E-state index contributed by atoms with van der Waals surface area (Å²) in [6.45, 7) is 2.99. The molecule has 0 fully saturated rings. The lowest BCUT2D eigenvalue weighted by Crippen LogP contribution is -2.26. The van der Waals surface area contributed by atoms with Crippen molar-refractivity contribution in [3.63, 3.8) is 0 Å². The van der Waals surface area contributed by atoms with E-state index in [1.54, 1.807) is 12.0 Å². The smallest absolute Gasteiger partial charge is 0.148 e. The molecule has 0 saturated carbocycles. The van der Waals surface area contributed by atoms with Gasteiger partial charge in [-0.05, 0) is 31.2 Å². The van der Waals surface area contributed by atoms with Gasteiger partial charge in [0.2, 0.25) is 0 Å². The predicted octanol–water partition coefficient (Wildman–Crippen LogP) is 3.83. The molecule has 0 saturated heterocycles. The minimum absolute atomic E-state index is 0.155. The molecule has 6 heteroatoms. The van der Waals surface area contributed by atoms with Crippen molar-refractivity contribution in [2.45, 2.75) is 13.5 Å². The molecule has 1 aliphatic heterocycles. The number of benzene rings is 2. The molecular formula is C20H20N4O2. The number of methoxy groups -OCH3 is 1. The fourth-order valence-electron chi connectivity index (χ4n) is 3.40. The van der Waals surface area contributed by atoms with Crippen LogP contribution in [0.4, 0.5) is 5.69 Å². The van der Waals surface area contributed by atoms with E-state index in [9.17, 15) is 5.11 Å². The summed E-state index contributed by atoms with van der Waals surface area (Å²) < 4.78 is 7.31. The predicted molar refractivity (Wildman–Crippen MR) is 103 cm³/mol. The second-order valence-electron chi connectivity index (χ2n) is 6.13. The van der Waals surface area contributed by atoms with E-state index in [4.69, 9.17) is 10.1 Å². The third-order valence-corrected chi connectivity index (χ3v) is 4.66. The van der Waals surface area contributed by atoms with Gasteiger partial charge in [-0.15, -0.1) is 0 Å². The van der Waals surface area contributed by atoms with E-state index in [0.29, 0.717) is 23.7 Å². The SMILES string of the molecule is CCn1c(C2=C(O)CN(c3cccc(OC)c3)C2=N)nc2ccccc21. The number of aryl methyl sites for hydroxylation is 1. The molecule has 1 aliphatic rings. The zero-order chi connectivity index (χ0) is 18.3. The van der Waals surface area contributed by atoms with Crippen LogP contribution in [0.5, 0.6) is 5.75 Å². The quantitative estimate of drug-likeness (QED) is 0.751. The maximum Gasteiger partial charge on any atom is 0.148 e.